The molecule has 0 aliphatic carbocycles. The topological polar surface area (TPSA) is 49.9 Å². The maximum atomic E-state index is 12.1. The standard InChI is InChI=1S/C16H22N2O3/c1-3-4-9-17-10-11-18(16(20)15(17)19)12-13-5-7-14(21-2)8-6-13/h5-8H,3-4,9-12H2,1-2H3. The Kier molecular flexibility index (Phi) is 5.20. The van der Waals surface area contributed by atoms with Gasteiger partial charge in [0.2, 0.25) is 0 Å². The summed E-state index contributed by atoms with van der Waals surface area (Å²) in [5, 5.41) is 0. The molecule has 0 saturated carbocycles. The van der Waals surface area contributed by atoms with Crippen molar-refractivity contribution in [2.75, 3.05) is 26.7 Å². The van der Waals surface area contributed by atoms with Crippen LogP contribution in [-0.4, -0.2) is 48.4 Å². The highest BCUT2D eigenvalue weighted by Crippen LogP contribution is 2.15. The van der Waals surface area contributed by atoms with Crippen molar-refractivity contribution in [2.45, 2.75) is 26.3 Å². The first-order valence-electron chi connectivity index (χ1n) is 7.36. The number of rotatable bonds is 6. The zero-order valence-corrected chi connectivity index (χ0v) is 12.7. The predicted octanol–water partition coefficient (Wildman–Crippen LogP) is 1.67. The molecule has 0 radical (unpaired) electrons. The van der Waals surface area contributed by atoms with Crippen LogP contribution in [0.5, 0.6) is 5.75 Å². The average molecular weight is 290 g/mol. The minimum atomic E-state index is -0.395. The Bertz CT molecular complexity index is 499. The van der Waals surface area contributed by atoms with Crippen molar-refractivity contribution < 1.29 is 14.3 Å². The number of unbranched alkanes of at least 4 members (excludes halogenated alkanes) is 1. The number of methoxy groups -OCH3 is 1. The van der Waals surface area contributed by atoms with Gasteiger partial charge in [-0.2, -0.15) is 0 Å². The fourth-order valence-corrected chi connectivity index (χ4v) is 2.38. The number of hydrogen-bond donors (Lipinski definition) is 0. The summed E-state index contributed by atoms with van der Waals surface area (Å²) in [5.41, 5.74) is 0.999. The molecule has 1 aliphatic heterocycles. The summed E-state index contributed by atoms with van der Waals surface area (Å²) in [5.74, 6) is 0.0157. The van der Waals surface area contributed by atoms with Crippen LogP contribution in [0.15, 0.2) is 24.3 Å². The second-order valence-corrected chi connectivity index (χ2v) is 5.22. The molecule has 0 unspecified atom stereocenters. The first-order valence-corrected chi connectivity index (χ1v) is 7.36. The normalized spacial score (nSPS) is 15.5. The molecule has 1 saturated heterocycles. The minimum Gasteiger partial charge on any atom is -0.497 e. The first-order chi connectivity index (χ1) is 10.2. The van der Waals surface area contributed by atoms with E-state index in [1.54, 1.807) is 16.9 Å². The molecular weight excluding hydrogens is 268 g/mol. The van der Waals surface area contributed by atoms with E-state index in [1.165, 1.54) is 0 Å². The van der Waals surface area contributed by atoms with E-state index >= 15 is 0 Å². The van der Waals surface area contributed by atoms with Gasteiger partial charge in [0.15, 0.2) is 0 Å². The van der Waals surface area contributed by atoms with Gasteiger partial charge in [-0.15, -0.1) is 0 Å². The zero-order valence-electron chi connectivity index (χ0n) is 12.7. The van der Waals surface area contributed by atoms with E-state index in [0.29, 0.717) is 26.2 Å². The van der Waals surface area contributed by atoms with Crippen molar-refractivity contribution in [1.82, 2.24) is 9.80 Å². The van der Waals surface area contributed by atoms with Crippen LogP contribution in [0.4, 0.5) is 0 Å². The van der Waals surface area contributed by atoms with E-state index in [4.69, 9.17) is 4.74 Å². The van der Waals surface area contributed by atoms with Gasteiger partial charge in [0.25, 0.3) is 0 Å². The van der Waals surface area contributed by atoms with Gasteiger partial charge in [-0.05, 0) is 24.1 Å². The van der Waals surface area contributed by atoms with Crippen molar-refractivity contribution in [1.29, 1.82) is 0 Å². The highest BCUT2D eigenvalue weighted by atomic mass is 16.5. The molecule has 0 N–H and O–H groups in total. The molecule has 5 heteroatoms. The third-order valence-corrected chi connectivity index (χ3v) is 3.71. The maximum absolute atomic E-state index is 12.1. The fraction of sp³-hybridized carbons (Fsp3) is 0.500. The van der Waals surface area contributed by atoms with Crippen LogP contribution in [0.25, 0.3) is 0 Å². The van der Waals surface area contributed by atoms with Crippen molar-refractivity contribution in [3.05, 3.63) is 29.8 Å². The molecule has 114 valence electrons. The Labute approximate surface area is 125 Å². The lowest BCUT2D eigenvalue weighted by Gasteiger charge is -2.33. The average Bonchev–Trinajstić information content (AvgIpc) is 2.52. The van der Waals surface area contributed by atoms with E-state index in [1.807, 2.05) is 24.3 Å². The van der Waals surface area contributed by atoms with E-state index in [2.05, 4.69) is 6.92 Å². The van der Waals surface area contributed by atoms with Crippen LogP contribution in [0.2, 0.25) is 0 Å². The SMILES string of the molecule is CCCCN1CCN(Cc2ccc(OC)cc2)C(=O)C1=O. The third kappa shape index (κ3) is 3.74. The smallest absolute Gasteiger partial charge is 0.312 e. The number of piperazine rings is 1. The number of carbonyl (C=O) groups excluding carboxylic acids is 2. The van der Waals surface area contributed by atoms with Crippen molar-refractivity contribution in [3.8, 4) is 5.75 Å². The van der Waals surface area contributed by atoms with E-state index in [9.17, 15) is 9.59 Å². The highest BCUT2D eigenvalue weighted by molar-refractivity contribution is 6.35. The lowest BCUT2D eigenvalue weighted by molar-refractivity contribution is -0.156. The molecule has 0 atom stereocenters. The van der Waals surface area contributed by atoms with Gasteiger partial charge in [0.05, 0.1) is 7.11 Å². The molecule has 0 aromatic heterocycles. The van der Waals surface area contributed by atoms with Gasteiger partial charge < -0.3 is 14.5 Å². The maximum Gasteiger partial charge on any atom is 0.312 e. The Balaban J connectivity index is 1.95. The predicted molar refractivity (Wildman–Crippen MR) is 79.9 cm³/mol. The first kappa shape index (κ1) is 15.4. The number of ether oxygens (including phenoxy) is 1. The van der Waals surface area contributed by atoms with Gasteiger partial charge in [-0.1, -0.05) is 25.5 Å². The summed E-state index contributed by atoms with van der Waals surface area (Å²) in [6, 6.07) is 7.55. The summed E-state index contributed by atoms with van der Waals surface area (Å²) in [6.45, 7) is 4.45. The van der Waals surface area contributed by atoms with E-state index in [0.717, 1.165) is 24.2 Å². The summed E-state index contributed by atoms with van der Waals surface area (Å²) in [7, 11) is 1.62. The molecule has 1 aliphatic rings. The van der Waals surface area contributed by atoms with E-state index in [-0.39, 0.29) is 5.91 Å². The van der Waals surface area contributed by atoms with Crippen LogP contribution in [0, 0.1) is 0 Å². The molecule has 2 rings (SSSR count). The van der Waals surface area contributed by atoms with Gasteiger partial charge >= 0.3 is 11.8 Å². The fourth-order valence-electron chi connectivity index (χ4n) is 2.38. The minimum absolute atomic E-state index is 0.372. The Hall–Kier alpha value is -2.04. The third-order valence-electron chi connectivity index (χ3n) is 3.71. The lowest BCUT2D eigenvalue weighted by Crippen LogP contribution is -2.54. The summed E-state index contributed by atoms with van der Waals surface area (Å²) >= 11 is 0. The molecule has 0 spiro atoms. The van der Waals surface area contributed by atoms with Crippen molar-refractivity contribution >= 4 is 11.8 Å². The zero-order chi connectivity index (χ0) is 15.2. The number of nitrogens with zero attached hydrogens (tertiary/aromatic N) is 2. The second-order valence-electron chi connectivity index (χ2n) is 5.22. The van der Waals surface area contributed by atoms with Gasteiger partial charge in [-0.3, -0.25) is 9.59 Å². The van der Waals surface area contributed by atoms with Gasteiger partial charge in [0.1, 0.15) is 5.75 Å². The number of benzene rings is 1. The van der Waals surface area contributed by atoms with Crippen LogP contribution in [0.1, 0.15) is 25.3 Å². The quantitative estimate of drug-likeness (QED) is 0.749. The van der Waals surface area contributed by atoms with Crippen LogP contribution < -0.4 is 4.74 Å². The summed E-state index contributed by atoms with van der Waals surface area (Å²) in [4.78, 5) is 27.5. The molecule has 1 heterocycles. The molecule has 5 nitrogen and oxygen atoms in total. The molecule has 1 aromatic rings. The number of amides is 2. The summed E-state index contributed by atoms with van der Waals surface area (Å²) in [6.07, 6.45) is 1.96. The summed E-state index contributed by atoms with van der Waals surface area (Å²) < 4.78 is 5.11. The molecule has 2 amide bonds. The molecule has 1 aromatic carbocycles. The molecular formula is C16H22N2O3. The molecule has 1 fully saturated rings. The Morgan fingerprint density at radius 3 is 2.29 bits per heavy atom. The Morgan fingerprint density at radius 2 is 1.67 bits per heavy atom. The largest absolute Gasteiger partial charge is 0.497 e. The highest BCUT2D eigenvalue weighted by Gasteiger charge is 2.31. The molecule has 21 heavy (non-hydrogen) atoms. The van der Waals surface area contributed by atoms with Gasteiger partial charge in [0, 0.05) is 26.2 Å². The van der Waals surface area contributed by atoms with Crippen LogP contribution in [-0.2, 0) is 16.1 Å². The second kappa shape index (κ2) is 7.11. The van der Waals surface area contributed by atoms with Crippen molar-refractivity contribution in [3.63, 3.8) is 0 Å². The van der Waals surface area contributed by atoms with Gasteiger partial charge in [-0.25, -0.2) is 0 Å². The van der Waals surface area contributed by atoms with Crippen LogP contribution in [0.3, 0.4) is 0 Å². The van der Waals surface area contributed by atoms with Crippen LogP contribution >= 0.6 is 0 Å². The van der Waals surface area contributed by atoms with Crippen molar-refractivity contribution in [2.24, 2.45) is 0 Å². The number of carbonyl (C=O) groups is 2. The lowest BCUT2D eigenvalue weighted by atomic mass is 10.1. The Morgan fingerprint density at radius 1 is 1.05 bits per heavy atom. The molecule has 0 bridgehead atoms. The van der Waals surface area contributed by atoms with E-state index < -0.39 is 5.91 Å². The monoisotopic (exact) mass is 290 g/mol. The number of hydrogen-bond acceptors (Lipinski definition) is 3.